The van der Waals surface area contributed by atoms with Gasteiger partial charge in [0.25, 0.3) is 0 Å². The predicted molar refractivity (Wildman–Crippen MR) is 68.8 cm³/mol. The first kappa shape index (κ1) is 12.5. The molecule has 18 heavy (non-hydrogen) atoms. The van der Waals surface area contributed by atoms with Crippen molar-refractivity contribution in [3.8, 4) is 0 Å². The number of rotatable bonds is 4. The number of nitrogens with zero attached hydrogens (tertiary/aromatic N) is 1. The number of aromatic nitrogens is 1. The summed E-state index contributed by atoms with van der Waals surface area (Å²) >= 11 is 1.32. The van der Waals surface area contributed by atoms with Gasteiger partial charge in [0.15, 0.2) is 0 Å². The molecule has 6 heteroatoms. The van der Waals surface area contributed by atoms with Gasteiger partial charge in [0.1, 0.15) is 11.9 Å². The van der Waals surface area contributed by atoms with E-state index in [9.17, 15) is 9.18 Å². The van der Waals surface area contributed by atoms with Crippen molar-refractivity contribution in [3.63, 3.8) is 0 Å². The van der Waals surface area contributed by atoms with Gasteiger partial charge >= 0.3 is 0 Å². The molecule has 0 radical (unpaired) electrons. The minimum atomic E-state index is -0.696. The molecule has 1 aromatic heterocycles. The zero-order valence-electron chi connectivity index (χ0n) is 9.68. The SMILES string of the molecule is Cc1cc(F)cc(NC(C(N)=O)c2cncs2)c1. The zero-order chi connectivity index (χ0) is 13.1. The highest BCUT2D eigenvalue weighted by Crippen LogP contribution is 2.23. The van der Waals surface area contributed by atoms with Gasteiger partial charge in [-0.2, -0.15) is 0 Å². The number of halogens is 1. The molecule has 0 aliphatic heterocycles. The summed E-state index contributed by atoms with van der Waals surface area (Å²) in [6.07, 6.45) is 1.57. The summed E-state index contributed by atoms with van der Waals surface area (Å²) in [7, 11) is 0. The Kier molecular flexibility index (Phi) is 3.57. The van der Waals surface area contributed by atoms with E-state index in [0.717, 1.165) is 5.56 Å². The highest BCUT2D eigenvalue weighted by Gasteiger charge is 2.19. The third-order valence-electron chi connectivity index (χ3n) is 2.37. The van der Waals surface area contributed by atoms with Crippen LogP contribution in [-0.2, 0) is 4.79 Å². The Morgan fingerprint density at radius 3 is 2.83 bits per heavy atom. The fourth-order valence-corrected chi connectivity index (χ4v) is 2.31. The van der Waals surface area contributed by atoms with E-state index in [1.165, 1.54) is 23.5 Å². The molecule has 0 saturated heterocycles. The second-order valence-corrected chi connectivity index (χ2v) is 4.82. The summed E-state index contributed by atoms with van der Waals surface area (Å²) < 4.78 is 13.3. The molecule has 3 N–H and O–H groups in total. The van der Waals surface area contributed by atoms with E-state index in [2.05, 4.69) is 10.3 Å². The number of carbonyl (C=O) groups is 1. The van der Waals surface area contributed by atoms with E-state index in [4.69, 9.17) is 5.73 Å². The van der Waals surface area contributed by atoms with Crippen LogP contribution in [0.1, 0.15) is 16.5 Å². The molecule has 0 aliphatic carbocycles. The van der Waals surface area contributed by atoms with Crippen molar-refractivity contribution < 1.29 is 9.18 Å². The van der Waals surface area contributed by atoms with Gasteiger partial charge in [0, 0.05) is 11.9 Å². The van der Waals surface area contributed by atoms with Gasteiger partial charge in [-0.25, -0.2) is 4.39 Å². The highest BCUT2D eigenvalue weighted by atomic mass is 32.1. The topological polar surface area (TPSA) is 68.0 Å². The molecule has 4 nitrogen and oxygen atoms in total. The van der Waals surface area contributed by atoms with Crippen molar-refractivity contribution >= 4 is 22.9 Å². The van der Waals surface area contributed by atoms with Crippen molar-refractivity contribution in [1.82, 2.24) is 4.98 Å². The average molecular weight is 265 g/mol. The monoisotopic (exact) mass is 265 g/mol. The molecule has 1 atom stereocenters. The highest BCUT2D eigenvalue weighted by molar-refractivity contribution is 7.09. The number of hydrogen-bond acceptors (Lipinski definition) is 4. The Hall–Kier alpha value is -1.95. The summed E-state index contributed by atoms with van der Waals surface area (Å²) in [5.41, 5.74) is 8.24. The first-order valence-corrected chi connectivity index (χ1v) is 6.15. The van der Waals surface area contributed by atoms with Crippen LogP contribution in [0.2, 0.25) is 0 Å². The second kappa shape index (κ2) is 5.14. The number of nitrogens with two attached hydrogens (primary N) is 1. The first-order valence-electron chi connectivity index (χ1n) is 5.27. The van der Waals surface area contributed by atoms with Crippen LogP contribution in [0, 0.1) is 12.7 Å². The fourth-order valence-electron chi connectivity index (χ4n) is 1.64. The van der Waals surface area contributed by atoms with Crippen molar-refractivity contribution in [3.05, 3.63) is 46.2 Å². The molecule has 2 rings (SSSR count). The smallest absolute Gasteiger partial charge is 0.245 e. The predicted octanol–water partition coefficient (Wildman–Crippen LogP) is 2.23. The van der Waals surface area contributed by atoms with Gasteiger partial charge in [-0.1, -0.05) is 0 Å². The van der Waals surface area contributed by atoms with E-state index < -0.39 is 11.9 Å². The Balaban J connectivity index is 2.27. The van der Waals surface area contributed by atoms with Crippen LogP contribution in [0.3, 0.4) is 0 Å². The third kappa shape index (κ3) is 2.84. The van der Waals surface area contributed by atoms with Crippen LogP contribution in [0.25, 0.3) is 0 Å². The number of thiazole rings is 1. The van der Waals surface area contributed by atoms with Gasteiger partial charge in [-0.05, 0) is 30.7 Å². The molecule has 1 aromatic carbocycles. The number of carbonyl (C=O) groups excluding carboxylic acids is 1. The summed E-state index contributed by atoms with van der Waals surface area (Å²) in [6, 6.07) is 3.79. The Morgan fingerprint density at radius 2 is 2.28 bits per heavy atom. The van der Waals surface area contributed by atoms with E-state index in [-0.39, 0.29) is 5.82 Å². The minimum Gasteiger partial charge on any atom is -0.369 e. The fraction of sp³-hybridized carbons (Fsp3) is 0.167. The zero-order valence-corrected chi connectivity index (χ0v) is 10.5. The second-order valence-electron chi connectivity index (χ2n) is 3.90. The molecule has 1 heterocycles. The number of nitrogens with one attached hydrogen (secondary N) is 1. The first-order chi connectivity index (χ1) is 8.56. The minimum absolute atomic E-state index is 0.356. The van der Waals surface area contributed by atoms with Crippen LogP contribution < -0.4 is 11.1 Å². The quantitative estimate of drug-likeness (QED) is 0.890. The van der Waals surface area contributed by atoms with E-state index in [0.29, 0.717) is 10.6 Å². The lowest BCUT2D eigenvalue weighted by Gasteiger charge is -2.15. The van der Waals surface area contributed by atoms with Crippen LogP contribution in [-0.4, -0.2) is 10.9 Å². The van der Waals surface area contributed by atoms with Crippen molar-refractivity contribution in [2.24, 2.45) is 5.73 Å². The molecule has 0 saturated carbocycles. The largest absolute Gasteiger partial charge is 0.369 e. The van der Waals surface area contributed by atoms with Gasteiger partial charge in [0.2, 0.25) is 5.91 Å². The maximum atomic E-state index is 13.3. The van der Waals surface area contributed by atoms with Crippen molar-refractivity contribution in [1.29, 1.82) is 0 Å². The third-order valence-corrected chi connectivity index (χ3v) is 3.21. The standard InChI is InChI=1S/C12H12FN3OS/c1-7-2-8(13)4-9(3-7)16-11(12(14)17)10-5-15-6-18-10/h2-6,11,16H,1H3,(H2,14,17). The number of anilines is 1. The average Bonchev–Trinajstić information content (AvgIpc) is 2.77. The number of benzene rings is 1. The lowest BCUT2D eigenvalue weighted by Crippen LogP contribution is -2.27. The normalized spacial score (nSPS) is 12.1. The molecule has 0 fully saturated rings. The molecule has 0 aliphatic rings. The van der Waals surface area contributed by atoms with Gasteiger partial charge < -0.3 is 11.1 Å². The van der Waals surface area contributed by atoms with Crippen LogP contribution in [0.15, 0.2) is 29.9 Å². The maximum Gasteiger partial charge on any atom is 0.245 e. The molecule has 0 bridgehead atoms. The summed E-state index contributed by atoms with van der Waals surface area (Å²) in [5, 5.41) is 2.92. The molecule has 94 valence electrons. The summed E-state index contributed by atoms with van der Waals surface area (Å²) in [4.78, 5) is 16.0. The van der Waals surface area contributed by atoms with E-state index in [1.807, 2.05) is 0 Å². The Bertz CT molecular complexity index is 536. The summed E-state index contributed by atoms with van der Waals surface area (Å²) in [6.45, 7) is 1.78. The lowest BCUT2D eigenvalue weighted by molar-refractivity contribution is -0.118. The lowest BCUT2D eigenvalue weighted by atomic mass is 10.2. The maximum absolute atomic E-state index is 13.3. The number of primary amides is 1. The Morgan fingerprint density at radius 1 is 1.50 bits per heavy atom. The molecule has 0 spiro atoms. The number of amides is 1. The molecule has 1 unspecified atom stereocenters. The Labute approximate surface area is 108 Å². The van der Waals surface area contributed by atoms with E-state index in [1.54, 1.807) is 24.7 Å². The summed E-state index contributed by atoms with van der Waals surface area (Å²) in [5.74, 6) is -0.883. The number of aryl methyl sites for hydroxylation is 1. The van der Waals surface area contributed by atoms with Gasteiger partial charge in [-0.3, -0.25) is 9.78 Å². The molecule has 2 aromatic rings. The van der Waals surface area contributed by atoms with E-state index >= 15 is 0 Å². The van der Waals surface area contributed by atoms with Gasteiger partial charge in [0.05, 0.1) is 10.4 Å². The molecule has 1 amide bonds. The van der Waals surface area contributed by atoms with Crippen LogP contribution >= 0.6 is 11.3 Å². The molecular formula is C12H12FN3OS. The van der Waals surface area contributed by atoms with Crippen LogP contribution in [0.5, 0.6) is 0 Å². The van der Waals surface area contributed by atoms with Crippen molar-refractivity contribution in [2.75, 3.05) is 5.32 Å². The van der Waals surface area contributed by atoms with Crippen molar-refractivity contribution in [2.45, 2.75) is 13.0 Å². The van der Waals surface area contributed by atoms with Gasteiger partial charge in [-0.15, -0.1) is 11.3 Å². The number of hydrogen-bond donors (Lipinski definition) is 2. The van der Waals surface area contributed by atoms with Crippen LogP contribution in [0.4, 0.5) is 10.1 Å². The molecular weight excluding hydrogens is 253 g/mol.